The van der Waals surface area contributed by atoms with Gasteiger partial charge >= 0.3 is 12.1 Å². The van der Waals surface area contributed by atoms with Gasteiger partial charge in [-0.15, -0.1) is 0 Å². The molecular formula is C33H41N3O5. The van der Waals surface area contributed by atoms with Crippen LogP contribution in [0.1, 0.15) is 80.1 Å². The van der Waals surface area contributed by atoms with Crippen molar-refractivity contribution in [1.29, 1.82) is 0 Å². The lowest BCUT2D eigenvalue weighted by molar-refractivity contribution is -0.146. The molecule has 0 spiro atoms. The number of benzene rings is 2. The van der Waals surface area contributed by atoms with Crippen LogP contribution in [0.4, 0.5) is 4.79 Å². The van der Waals surface area contributed by atoms with Gasteiger partial charge in [-0.25, -0.2) is 4.79 Å². The van der Waals surface area contributed by atoms with Gasteiger partial charge in [0, 0.05) is 47.7 Å². The summed E-state index contributed by atoms with van der Waals surface area (Å²) in [7, 11) is 0. The van der Waals surface area contributed by atoms with Crippen LogP contribution in [0.15, 0.2) is 48.5 Å². The van der Waals surface area contributed by atoms with Crippen LogP contribution in [0.2, 0.25) is 0 Å². The van der Waals surface area contributed by atoms with E-state index in [0.29, 0.717) is 44.5 Å². The molecule has 5 rings (SSSR count). The minimum atomic E-state index is -0.521. The van der Waals surface area contributed by atoms with E-state index in [2.05, 4.69) is 10.3 Å². The number of fused-ring (bicyclic) bond motifs is 3. The van der Waals surface area contributed by atoms with Crippen LogP contribution in [-0.4, -0.2) is 52.6 Å². The first kappa shape index (κ1) is 28.7. The number of hydrogen-bond acceptors (Lipinski definition) is 5. The molecule has 1 saturated heterocycles. The van der Waals surface area contributed by atoms with E-state index in [1.165, 1.54) is 11.3 Å². The van der Waals surface area contributed by atoms with E-state index in [1.807, 2.05) is 69.3 Å². The molecule has 0 bridgehead atoms. The molecule has 1 unspecified atom stereocenters. The van der Waals surface area contributed by atoms with Gasteiger partial charge in [0.05, 0.1) is 0 Å². The molecule has 1 fully saturated rings. The molecule has 218 valence electrons. The highest BCUT2D eigenvalue weighted by molar-refractivity contribution is 5.99. The number of ether oxygens (including phenoxy) is 2. The minimum absolute atomic E-state index is 0.0163. The molecule has 0 radical (unpaired) electrons. The Bertz CT molecular complexity index is 1380. The number of H-pyrrole nitrogens is 1. The van der Waals surface area contributed by atoms with E-state index in [1.54, 1.807) is 4.90 Å². The van der Waals surface area contributed by atoms with Gasteiger partial charge in [-0.1, -0.05) is 30.3 Å². The average Bonchev–Trinajstić information content (AvgIpc) is 3.18. The SMILES string of the molecule is CC(C)(C)OC(=O)N1CCC(NC(=O)c2ccc3[nH]c4c(c3c2)CCC(CC(=O)OCc2ccccc2)CC4)CC1. The third-order valence-electron chi connectivity index (χ3n) is 8.04. The first-order valence-corrected chi connectivity index (χ1v) is 14.8. The molecule has 2 N–H and O–H groups in total. The fourth-order valence-corrected chi connectivity index (χ4v) is 5.82. The fourth-order valence-electron chi connectivity index (χ4n) is 5.82. The Labute approximate surface area is 241 Å². The van der Waals surface area contributed by atoms with Crippen LogP contribution in [0.5, 0.6) is 0 Å². The summed E-state index contributed by atoms with van der Waals surface area (Å²) in [6.45, 7) is 7.02. The Kier molecular flexibility index (Phi) is 8.66. The quantitative estimate of drug-likeness (QED) is 0.288. The summed E-state index contributed by atoms with van der Waals surface area (Å²) in [5.41, 5.74) is 4.60. The van der Waals surface area contributed by atoms with E-state index < -0.39 is 5.60 Å². The number of hydrogen-bond donors (Lipinski definition) is 2. The molecule has 1 atom stereocenters. The lowest BCUT2D eigenvalue weighted by atomic mass is 9.95. The van der Waals surface area contributed by atoms with Gasteiger partial charge in [-0.3, -0.25) is 9.59 Å². The molecule has 8 heteroatoms. The van der Waals surface area contributed by atoms with Crippen molar-refractivity contribution in [3.05, 3.63) is 70.9 Å². The number of nitrogens with one attached hydrogen (secondary N) is 2. The molecular weight excluding hydrogens is 518 g/mol. The van der Waals surface area contributed by atoms with E-state index in [-0.39, 0.29) is 29.9 Å². The van der Waals surface area contributed by atoms with Gasteiger partial charge in [0.2, 0.25) is 0 Å². The Hall–Kier alpha value is -3.81. The highest BCUT2D eigenvalue weighted by atomic mass is 16.6. The summed E-state index contributed by atoms with van der Waals surface area (Å²) in [4.78, 5) is 43.3. The maximum absolute atomic E-state index is 13.2. The zero-order valence-corrected chi connectivity index (χ0v) is 24.3. The number of carbonyl (C=O) groups excluding carboxylic acids is 3. The van der Waals surface area contributed by atoms with Crippen molar-refractivity contribution >= 4 is 28.9 Å². The second-order valence-corrected chi connectivity index (χ2v) is 12.4. The number of carbonyl (C=O) groups is 3. The Morgan fingerprint density at radius 3 is 2.44 bits per heavy atom. The number of rotatable bonds is 6. The molecule has 2 amide bonds. The highest BCUT2D eigenvalue weighted by Crippen LogP contribution is 2.32. The Morgan fingerprint density at radius 1 is 0.976 bits per heavy atom. The van der Waals surface area contributed by atoms with E-state index >= 15 is 0 Å². The van der Waals surface area contributed by atoms with Gasteiger partial charge in [0.25, 0.3) is 5.91 Å². The molecule has 1 aromatic heterocycles. The smallest absolute Gasteiger partial charge is 0.410 e. The predicted molar refractivity (Wildman–Crippen MR) is 158 cm³/mol. The van der Waals surface area contributed by atoms with Crippen molar-refractivity contribution in [1.82, 2.24) is 15.2 Å². The number of esters is 1. The standard InChI is InChI=1S/C33H41N3O5/c1-33(2,3)41-32(39)36-17-15-25(16-18-36)34-31(38)24-11-14-29-27(20-24)26-12-9-22(10-13-28(26)35-29)19-30(37)40-21-23-7-5-4-6-8-23/h4-8,11,14,20,22,25,35H,9-10,12-13,15-19,21H2,1-3H3,(H,34,38). The molecule has 1 aliphatic heterocycles. The van der Waals surface area contributed by atoms with E-state index in [4.69, 9.17) is 9.47 Å². The normalized spacial score (nSPS) is 17.9. The molecule has 2 heterocycles. The summed E-state index contributed by atoms with van der Waals surface area (Å²) >= 11 is 0. The van der Waals surface area contributed by atoms with Crippen molar-refractivity contribution in [3.63, 3.8) is 0 Å². The summed E-state index contributed by atoms with van der Waals surface area (Å²) in [5.74, 6) is 0.0301. The molecule has 8 nitrogen and oxygen atoms in total. The van der Waals surface area contributed by atoms with Crippen LogP contribution in [0, 0.1) is 5.92 Å². The van der Waals surface area contributed by atoms with Crippen LogP contribution < -0.4 is 5.32 Å². The maximum atomic E-state index is 13.2. The van der Waals surface area contributed by atoms with Crippen LogP contribution >= 0.6 is 0 Å². The third kappa shape index (κ3) is 7.48. The summed E-state index contributed by atoms with van der Waals surface area (Å²) < 4.78 is 11.0. The lowest BCUT2D eigenvalue weighted by Gasteiger charge is -2.33. The zero-order valence-electron chi connectivity index (χ0n) is 24.3. The Balaban J connectivity index is 1.15. The van der Waals surface area contributed by atoms with Crippen molar-refractivity contribution in [2.75, 3.05) is 13.1 Å². The van der Waals surface area contributed by atoms with E-state index in [0.717, 1.165) is 42.1 Å². The first-order chi connectivity index (χ1) is 19.6. The van der Waals surface area contributed by atoms with E-state index in [9.17, 15) is 14.4 Å². The van der Waals surface area contributed by atoms with Crippen LogP contribution in [0.25, 0.3) is 10.9 Å². The Morgan fingerprint density at radius 2 is 1.71 bits per heavy atom. The van der Waals surface area contributed by atoms with Crippen molar-refractivity contribution in [2.45, 2.75) is 84.0 Å². The van der Waals surface area contributed by atoms with Gasteiger partial charge in [-0.05, 0) is 94.5 Å². The first-order valence-electron chi connectivity index (χ1n) is 14.8. The second kappa shape index (κ2) is 12.4. The lowest BCUT2D eigenvalue weighted by Crippen LogP contribution is -2.47. The predicted octanol–water partition coefficient (Wildman–Crippen LogP) is 5.93. The monoisotopic (exact) mass is 559 g/mol. The molecule has 3 aromatic rings. The minimum Gasteiger partial charge on any atom is -0.461 e. The van der Waals surface area contributed by atoms with Gasteiger partial charge in [0.15, 0.2) is 0 Å². The molecule has 2 aliphatic rings. The summed E-state index contributed by atoms with van der Waals surface area (Å²) in [5, 5.41) is 4.25. The molecule has 41 heavy (non-hydrogen) atoms. The topological polar surface area (TPSA) is 101 Å². The maximum Gasteiger partial charge on any atom is 0.410 e. The molecule has 0 saturated carbocycles. The van der Waals surface area contributed by atoms with Gasteiger partial charge in [0.1, 0.15) is 12.2 Å². The van der Waals surface area contributed by atoms with Crippen molar-refractivity contribution < 1.29 is 23.9 Å². The van der Waals surface area contributed by atoms with Crippen LogP contribution in [0.3, 0.4) is 0 Å². The summed E-state index contributed by atoms with van der Waals surface area (Å²) in [6, 6.07) is 15.6. The van der Waals surface area contributed by atoms with Gasteiger partial charge < -0.3 is 24.7 Å². The third-order valence-corrected chi connectivity index (χ3v) is 8.04. The zero-order chi connectivity index (χ0) is 29.0. The number of aromatic nitrogens is 1. The largest absolute Gasteiger partial charge is 0.461 e. The highest BCUT2D eigenvalue weighted by Gasteiger charge is 2.28. The number of piperidine rings is 1. The number of aromatic amines is 1. The second-order valence-electron chi connectivity index (χ2n) is 12.4. The van der Waals surface area contributed by atoms with Crippen LogP contribution in [-0.2, 0) is 33.7 Å². The number of nitrogens with zero attached hydrogens (tertiary/aromatic N) is 1. The summed E-state index contributed by atoms with van der Waals surface area (Å²) in [6.07, 6.45) is 5.09. The fraction of sp³-hybridized carbons (Fsp3) is 0.485. The number of likely N-dealkylation sites (tertiary alicyclic amines) is 1. The van der Waals surface area contributed by atoms with Crippen molar-refractivity contribution in [3.8, 4) is 0 Å². The van der Waals surface area contributed by atoms with Crippen molar-refractivity contribution in [2.24, 2.45) is 5.92 Å². The average molecular weight is 560 g/mol. The number of aryl methyl sites for hydroxylation is 2. The van der Waals surface area contributed by atoms with Gasteiger partial charge in [-0.2, -0.15) is 0 Å². The molecule has 1 aliphatic carbocycles. The molecule has 2 aromatic carbocycles. The number of amides is 2.